The number of aromatic nitrogens is 4. The van der Waals surface area contributed by atoms with E-state index in [1.54, 1.807) is 21.3 Å². The normalized spacial score (nSPS) is 12.0. The lowest BCUT2D eigenvalue weighted by atomic mass is 9.87. The lowest BCUT2D eigenvalue weighted by molar-refractivity contribution is 0.350. The van der Waals surface area contributed by atoms with E-state index in [1.165, 1.54) is 4.80 Å². The molecule has 0 N–H and O–H groups in total. The smallest absolute Gasteiger partial charge is 0.175 e. The number of aryl methyl sites for hydroxylation is 1. The van der Waals surface area contributed by atoms with Gasteiger partial charge in [0.1, 0.15) is 0 Å². The standard InChI is InChI=1S/C18H20N4O2/c1-22-20-17(19-21-22)12-15(13-8-5-4-6-9-13)14-10-7-11-16(23-2)18(14)24-3/h4-11,15H,12H2,1-3H3. The molecular weight excluding hydrogens is 304 g/mol. The van der Waals surface area contributed by atoms with Crippen LogP contribution in [0.25, 0.3) is 0 Å². The fourth-order valence-corrected chi connectivity index (χ4v) is 2.87. The van der Waals surface area contributed by atoms with E-state index in [9.17, 15) is 0 Å². The van der Waals surface area contributed by atoms with E-state index in [-0.39, 0.29) is 5.92 Å². The van der Waals surface area contributed by atoms with E-state index in [1.807, 2.05) is 30.3 Å². The SMILES string of the molecule is COc1cccc(C(Cc2nnn(C)n2)c2ccccc2)c1OC. The summed E-state index contributed by atoms with van der Waals surface area (Å²) in [6, 6.07) is 16.2. The van der Waals surface area contributed by atoms with Crippen molar-refractivity contribution >= 4 is 0 Å². The molecule has 0 saturated carbocycles. The second kappa shape index (κ2) is 7.12. The summed E-state index contributed by atoms with van der Waals surface area (Å²) in [6.07, 6.45) is 0.626. The number of para-hydroxylation sites is 1. The minimum atomic E-state index is 0.0421. The zero-order valence-corrected chi connectivity index (χ0v) is 14.0. The molecule has 0 aliphatic carbocycles. The molecular formula is C18H20N4O2. The highest BCUT2D eigenvalue weighted by Crippen LogP contribution is 2.39. The number of hydrogen-bond acceptors (Lipinski definition) is 5. The third-order valence-electron chi connectivity index (χ3n) is 3.95. The lowest BCUT2D eigenvalue weighted by Gasteiger charge is -2.20. The Morgan fingerprint density at radius 1 is 1.00 bits per heavy atom. The molecule has 0 saturated heterocycles. The Hall–Kier alpha value is -2.89. The van der Waals surface area contributed by atoms with Gasteiger partial charge in [-0.25, -0.2) is 0 Å². The molecule has 2 aromatic carbocycles. The third-order valence-corrected chi connectivity index (χ3v) is 3.95. The average Bonchev–Trinajstić information content (AvgIpc) is 3.04. The van der Waals surface area contributed by atoms with E-state index in [0.717, 1.165) is 16.9 Å². The van der Waals surface area contributed by atoms with Crippen LogP contribution in [0, 0.1) is 0 Å². The quantitative estimate of drug-likeness (QED) is 0.697. The fraction of sp³-hybridized carbons (Fsp3) is 0.278. The molecule has 0 radical (unpaired) electrons. The van der Waals surface area contributed by atoms with Gasteiger partial charge in [0.15, 0.2) is 17.3 Å². The highest BCUT2D eigenvalue weighted by atomic mass is 16.5. The van der Waals surface area contributed by atoms with Gasteiger partial charge in [-0.05, 0) is 16.8 Å². The second-order valence-corrected chi connectivity index (χ2v) is 5.45. The van der Waals surface area contributed by atoms with Crippen molar-refractivity contribution in [1.29, 1.82) is 0 Å². The van der Waals surface area contributed by atoms with Crippen molar-refractivity contribution in [3.8, 4) is 11.5 Å². The Bertz CT molecular complexity index is 802. The summed E-state index contributed by atoms with van der Waals surface area (Å²) in [5.74, 6) is 2.18. The topological polar surface area (TPSA) is 62.1 Å². The second-order valence-electron chi connectivity index (χ2n) is 5.45. The van der Waals surface area contributed by atoms with Crippen molar-refractivity contribution in [2.45, 2.75) is 12.3 Å². The van der Waals surface area contributed by atoms with E-state index >= 15 is 0 Å². The Kier molecular flexibility index (Phi) is 4.74. The van der Waals surface area contributed by atoms with Crippen LogP contribution in [0.4, 0.5) is 0 Å². The molecule has 124 valence electrons. The van der Waals surface area contributed by atoms with Gasteiger partial charge in [-0.15, -0.1) is 10.2 Å². The zero-order valence-electron chi connectivity index (χ0n) is 14.0. The first kappa shape index (κ1) is 16.0. The zero-order chi connectivity index (χ0) is 16.9. The maximum atomic E-state index is 5.63. The molecule has 0 aliphatic rings. The van der Waals surface area contributed by atoms with Gasteiger partial charge >= 0.3 is 0 Å². The number of tetrazole rings is 1. The highest BCUT2D eigenvalue weighted by Gasteiger charge is 2.23. The molecule has 1 heterocycles. The van der Waals surface area contributed by atoms with E-state index < -0.39 is 0 Å². The molecule has 1 aromatic heterocycles. The van der Waals surface area contributed by atoms with Gasteiger partial charge in [0.05, 0.1) is 21.3 Å². The Morgan fingerprint density at radius 3 is 2.42 bits per heavy atom. The molecule has 0 spiro atoms. The summed E-state index contributed by atoms with van der Waals surface area (Å²) in [6.45, 7) is 0. The predicted octanol–water partition coefficient (Wildman–Crippen LogP) is 2.60. The monoisotopic (exact) mass is 324 g/mol. The molecule has 6 heteroatoms. The largest absolute Gasteiger partial charge is 0.493 e. The summed E-state index contributed by atoms with van der Waals surface area (Å²) < 4.78 is 11.1. The predicted molar refractivity (Wildman–Crippen MR) is 90.3 cm³/mol. The fourth-order valence-electron chi connectivity index (χ4n) is 2.87. The van der Waals surface area contributed by atoms with Crippen molar-refractivity contribution in [1.82, 2.24) is 20.2 Å². The van der Waals surface area contributed by atoms with Crippen molar-refractivity contribution in [2.75, 3.05) is 14.2 Å². The summed E-state index contributed by atoms with van der Waals surface area (Å²) in [4.78, 5) is 1.47. The molecule has 0 fully saturated rings. The van der Waals surface area contributed by atoms with Gasteiger partial charge in [-0.1, -0.05) is 42.5 Å². The van der Waals surface area contributed by atoms with Gasteiger partial charge in [0.2, 0.25) is 0 Å². The number of ether oxygens (including phenoxy) is 2. The number of methoxy groups -OCH3 is 2. The van der Waals surface area contributed by atoms with Crippen LogP contribution in [0.3, 0.4) is 0 Å². The molecule has 1 unspecified atom stereocenters. The summed E-state index contributed by atoms with van der Waals surface area (Å²) in [5, 5.41) is 12.4. The van der Waals surface area contributed by atoms with Gasteiger partial charge < -0.3 is 9.47 Å². The van der Waals surface area contributed by atoms with Crippen LogP contribution in [0.5, 0.6) is 11.5 Å². The van der Waals surface area contributed by atoms with Crippen LogP contribution >= 0.6 is 0 Å². The molecule has 0 aliphatic heterocycles. The van der Waals surface area contributed by atoms with Crippen molar-refractivity contribution in [3.05, 3.63) is 65.5 Å². The Morgan fingerprint density at radius 2 is 1.79 bits per heavy atom. The molecule has 3 rings (SSSR count). The van der Waals surface area contributed by atoms with E-state index in [2.05, 4.69) is 33.6 Å². The molecule has 0 amide bonds. The van der Waals surface area contributed by atoms with E-state index in [0.29, 0.717) is 18.0 Å². The molecule has 6 nitrogen and oxygen atoms in total. The summed E-state index contributed by atoms with van der Waals surface area (Å²) >= 11 is 0. The number of nitrogens with zero attached hydrogens (tertiary/aromatic N) is 4. The number of hydrogen-bond donors (Lipinski definition) is 0. The first-order valence-corrected chi connectivity index (χ1v) is 7.71. The van der Waals surface area contributed by atoms with Crippen LogP contribution in [-0.2, 0) is 13.5 Å². The molecule has 1 atom stereocenters. The van der Waals surface area contributed by atoms with Crippen molar-refractivity contribution in [2.24, 2.45) is 7.05 Å². The molecule has 24 heavy (non-hydrogen) atoms. The van der Waals surface area contributed by atoms with Crippen molar-refractivity contribution in [3.63, 3.8) is 0 Å². The average molecular weight is 324 g/mol. The summed E-state index contributed by atoms with van der Waals surface area (Å²) in [5.41, 5.74) is 2.20. The summed E-state index contributed by atoms with van der Waals surface area (Å²) in [7, 11) is 5.06. The Balaban J connectivity index is 2.08. The maximum absolute atomic E-state index is 5.63. The van der Waals surface area contributed by atoms with Crippen LogP contribution < -0.4 is 9.47 Å². The van der Waals surface area contributed by atoms with Gasteiger partial charge in [-0.3, -0.25) is 0 Å². The minimum absolute atomic E-state index is 0.0421. The molecule has 3 aromatic rings. The van der Waals surface area contributed by atoms with Crippen LogP contribution in [-0.4, -0.2) is 34.4 Å². The number of benzene rings is 2. The van der Waals surface area contributed by atoms with E-state index in [4.69, 9.17) is 9.47 Å². The Labute approximate surface area is 141 Å². The first-order valence-electron chi connectivity index (χ1n) is 7.71. The highest BCUT2D eigenvalue weighted by molar-refractivity contribution is 5.51. The van der Waals surface area contributed by atoms with Crippen LogP contribution in [0.1, 0.15) is 22.9 Å². The first-order chi connectivity index (χ1) is 11.7. The van der Waals surface area contributed by atoms with Gasteiger partial charge in [-0.2, -0.15) is 4.80 Å². The maximum Gasteiger partial charge on any atom is 0.175 e. The van der Waals surface area contributed by atoms with Gasteiger partial charge in [0.25, 0.3) is 0 Å². The van der Waals surface area contributed by atoms with Crippen molar-refractivity contribution < 1.29 is 9.47 Å². The third kappa shape index (κ3) is 3.22. The van der Waals surface area contributed by atoms with Crippen LogP contribution in [0.2, 0.25) is 0 Å². The van der Waals surface area contributed by atoms with Crippen LogP contribution in [0.15, 0.2) is 48.5 Å². The lowest BCUT2D eigenvalue weighted by Crippen LogP contribution is -2.09. The molecule has 0 bridgehead atoms. The van der Waals surface area contributed by atoms with Gasteiger partial charge in [0, 0.05) is 17.9 Å². The number of rotatable bonds is 6. The minimum Gasteiger partial charge on any atom is -0.493 e.